The smallest absolute Gasteiger partial charge is 0.271 e. The summed E-state index contributed by atoms with van der Waals surface area (Å²) in [6.45, 7) is 2.19. The van der Waals surface area contributed by atoms with Crippen LogP contribution in [0.15, 0.2) is 36.5 Å². The molecule has 1 aliphatic rings. The van der Waals surface area contributed by atoms with Crippen LogP contribution < -0.4 is 0 Å². The number of carbonyl (C=O) groups is 1. The average molecular weight is 302 g/mol. The van der Waals surface area contributed by atoms with Crippen LogP contribution in [0, 0.1) is 12.7 Å². The van der Waals surface area contributed by atoms with Gasteiger partial charge in [-0.3, -0.25) is 4.79 Å². The Balaban J connectivity index is 1.94. The normalized spacial score (nSPS) is 21.4. The highest BCUT2D eigenvalue weighted by Crippen LogP contribution is 2.33. The van der Waals surface area contributed by atoms with Crippen LogP contribution >= 0.6 is 0 Å². The molecule has 0 bridgehead atoms. The van der Waals surface area contributed by atoms with Gasteiger partial charge in [0.25, 0.3) is 5.91 Å². The molecule has 2 aromatic rings. The van der Waals surface area contributed by atoms with Crippen molar-refractivity contribution in [3.05, 3.63) is 59.2 Å². The topological polar surface area (TPSA) is 45.5 Å². The second-order valence-corrected chi connectivity index (χ2v) is 5.87. The van der Waals surface area contributed by atoms with Gasteiger partial charge in [-0.1, -0.05) is 12.1 Å². The molecule has 1 aromatic heterocycles. The van der Waals surface area contributed by atoms with Crippen molar-refractivity contribution in [2.75, 3.05) is 6.54 Å². The van der Waals surface area contributed by atoms with Crippen molar-refractivity contribution in [3.63, 3.8) is 0 Å². The predicted molar refractivity (Wildman–Crippen MR) is 81.0 cm³/mol. The molecule has 2 atom stereocenters. The molecule has 0 saturated carbocycles. The lowest BCUT2D eigenvalue weighted by atomic mass is 10.0. The molecule has 3 rings (SSSR count). The average Bonchev–Trinajstić information content (AvgIpc) is 3.02. The molecule has 1 N–H and O–H groups in total. The van der Waals surface area contributed by atoms with Crippen molar-refractivity contribution >= 4 is 5.91 Å². The Bertz CT molecular complexity index is 674. The minimum Gasteiger partial charge on any atom is -0.391 e. The zero-order valence-corrected chi connectivity index (χ0v) is 12.7. The van der Waals surface area contributed by atoms with Crippen LogP contribution in [-0.4, -0.2) is 33.1 Å². The summed E-state index contributed by atoms with van der Waals surface area (Å²) in [4.78, 5) is 14.5. The molecule has 1 aromatic carbocycles. The van der Waals surface area contributed by atoms with Gasteiger partial charge in [-0.25, -0.2) is 4.39 Å². The fourth-order valence-electron chi connectivity index (χ4n) is 3.15. The highest BCUT2D eigenvalue weighted by Gasteiger charge is 2.36. The highest BCUT2D eigenvalue weighted by atomic mass is 19.1. The first-order chi connectivity index (χ1) is 10.5. The first-order valence-corrected chi connectivity index (χ1v) is 7.34. The SMILES string of the molecule is Cc1ccn(C)c1C(=O)N1C[C@H](O)C[C@H]1c1ccc(F)cc1. The lowest BCUT2D eigenvalue weighted by Gasteiger charge is -2.25. The lowest BCUT2D eigenvalue weighted by Crippen LogP contribution is -2.33. The van der Waals surface area contributed by atoms with E-state index in [9.17, 15) is 14.3 Å². The van der Waals surface area contributed by atoms with E-state index >= 15 is 0 Å². The summed E-state index contributed by atoms with van der Waals surface area (Å²) >= 11 is 0. The summed E-state index contributed by atoms with van der Waals surface area (Å²) in [5, 5.41) is 10.00. The van der Waals surface area contributed by atoms with Crippen LogP contribution in [0.3, 0.4) is 0 Å². The summed E-state index contributed by atoms with van der Waals surface area (Å²) in [6, 6.07) is 7.80. The minimum absolute atomic E-state index is 0.101. The van der Waals surface area contributed by atoms with E-state index < -0.39 is 6.10 Å². The number of β-amino-alcohol motifs (C(OH)–C–C–N with tert-alkyl or cyclic N) is 1. The molecular formula is C17H19FN2O2. The van der Waals surface area contributed by atoms with Crippen molar-refractivity contribution in [3.8, 4) is 0 Å². The predicted octanol–water partition coefficient (Wildman–Crippen LogP) is 2.42. The van der Waals surface area contributed by atoms with Gasteiger partial charge in [0.05, 0.1) is 12.1 Å². The number of carbonyl (C=O) groups excluding carboxylic acids is 1. The van der Waals surface area contributed by atoms with E-state index in [1.807, 2.05) is 26.2 Å². The molecule has 0 spiro atoms. The summed E-state index contributed by atoms with van der Waals surface area (Å²) in [5.74, 6) is -0.408. The Morgan fingerprint density at radius 1 is 1.27 bits per heavy atom. The van der Waals surface area contributed by atoms with Gasteiger partial charge in [-0.15, -0.1) is 0 Å². The molecule has 5 heteroatoms. The third-order valence-electron chi connectivity index (χ3n) is 4.27. The minimum atomic E-state index is -0.556. The second kappa shape index (κ2) is 5.57. The molecule has 0 radical (unpaired) electrons. The third-order valence-corrected chi connectivity index (χ3v) is 4.27. The maximum atomic E-state index is 13.1. The maximum absolute atomic E-state index is 13.1. The number of aliphatic hydroxyl groups excluding tert-OH is 1. The maximum Gasteiger partial charge on any atom is 0.271 e. The fourth-order valence-corrected chi connectivity index (χ4v) is 3.15. The van der Waals surface area contributed by atoms with Gasteiger partial charge in [0, 0.05) is 19.8 Å². The number of likely N-dealkylation sites (tertiary alicyclic amines) is 1. The molecule has 1 aliphatic heterocycles. The van der Waals surface area contributed by atoms with E-state index in [1.165, 1.54) is 12.1 Å². The number of aryl methyl sites for hydroxylation is 2. The van der Waals surface area contributed by atoms with E-state index in [2.05, 4.69) is 0 Å². The molecule has 4 nitrogen and oxygen atoms in total. The van der Waals surface area contributed by atoms with Gasteiger partial charge in [-0.05, 0) is 42.7 Å². The van der Waals surface area contributed by atoms with Crippen molar-refractivity contribution in [2.24, 2.45) is 7.05 Å². The Hall–Kier alpha value is -2.14. The Morgan fingerprint density at radius 3 is 2.55 bits per heavy atom. The number of hydrogen-bond acceptors (Lipinski definition) is 2. The standard InChI is InChI=1S/C17H19FN2O2/c1-11-7-8-19(2)16(11)17(22)20-10-14(21)9-15(20)12-3-5-13(18)6-4-12/h3-8,14-15,21H,9-10H2,1-2H3/t14-,15+/m1/s1. The van der Waals surface area contributed by atoms with Crippen molar-refractivity contribution in [1.82, 2.24) is 9.47 Å². The van der Waals surface area contributed by atoms with E-state index in [0.29, 0.717) is 18.7 Å². The van der Waals surface area contributed by atoms with Gasteiger partial charge in [0.1, 0.15) is 11.5 Å². The van der Waals surface area contributed by atoms with Crippen molar-refractivity contribution in [2.45, 2.75) is 25.5 Å². The van der Waals surface area contributed by atoms with Gasteiger partial charge >= 0.3 is 0 Å². The number of amides is 1. The fraction of sp³-hybridized carbons (Fsp3) is 0.353. The number of rotatable bonds is 2. The van der Waals surface area contributed by atoms with E-state index in [1.54, 1.807) is 21.6 Å². The third kappa shape index (κ3) is 2.52. The Morgan fingerprint density at radius 2 is 1.95 bits per heavy atom. The van der Waals surface area contributed by atoms with Gasteiger partial charge < -0.3 is 14.6 Å². The number of hydrogen-bond donors (Lipinski definition) is 1. The molecule has 1 amide bonds. The van der Waals surface area contributed by atoms with Gasteiger partial charge in [0.2, 0.25) is 0 Å². The van der Waals surface area contributed by atoms with Crippen molar-refractivity contribution < 1.29 is 14.3 Å². The zero-order chi connectivity index (χ0) is 15.9. The monoisotopic (exact) mass is 302 g/mol. The molecule has 0 unspecified atom stereocenters. The molecule has 0 aliphatic carbocycles. The first kappa shape index (κ1) is 14.8. The molecule has 1 saturated heterocycles. The number of aliphatic hydroxyl groups is 1. The molecule has 1 fully saturated rings. The van der Waals surface area contributed by atoms with Crippen LogP contribution in [0.25, 0.3) is 0 Å². The van der Waals surface area contributed by atoms with Gasteiger partial charge in [0.15, 0.2) is 0 Å². The zero-order valence-electron chi connectivity index (χ0n) is 12.7. The van der Waals surface area contributed by atoms with Crippen LogP contribution in [0.2, 0.25) is 0 Å². The quantitative estimate of drug-likeness (QED) is 0.926. The molecule has 116 valence electrons. The van der Waals surface area contributed by atoms with Crippen LogP contribution in [0.1, 0.15) is 34.1 Å². The van der Waals surface area contributed by atoms with Gasteiger partial charge in [-0.2, -0.15) is 0 Å². The largest absolute Gasteiger partial charge is 0.391 e. The summed E-state index contributed by atoms with van der Waals surface area (Å²) in [5.41, 5.74) is 2.38. The lowest BCUT2D eigenvalue weighted by molar-refractivity contribution is 0.0705. The Labute approximate surface area is 128 Å². The van der Waals surface area contributed by atoms with Crippen LogP contribution in [-0.2, 0) is 7.05 Å². The molecular weight excluding hydrogens is 283 g/mol. The number of benzene rings is 1. The van der Waals surface area contributed by atoms with E-state index in [-0.39, 0.29) is 17.8 Å². The number of nitrogens with zero attached hydrogens (tertiary/aromatic N) is 2. The summed E-state index contributed by atoms with van der Waals surface area (Å²) in [6.07, 6.45) is 1.77. The second-order valence-electron chi connectivity index (χ2n) is 5.87. The Kier molecular flexibility index (Phi) is 3.74. The number of aromatic nitrogens is 1. The number of halogens is 1. The van der Waals surface area contributed by atoms with Crippen LogP contribution in [0.5, 0.6) is 0 Å². The van der Waals surface area contributed by atoms with E-state index in [0.717, 1.165) is 11.1 Å². The highest BCUT2D eigenvalue weighted by molar-refractivity contribution is 5.94. The first-order valence-electron chi connectivity index (χ1n) is 7.34. The molecule has 22 heavy (non-hydrogen) atoms. The van der Waals surface area contributed by atoms with Crippen LogP contribution in [0.4, 0.5) is 4.39 Å². The van der Waals surface area contributed by atoms with E-state index in [4.69, 9.17) is 0 Å². The molecule has 2 heterocycles. The summed E-state index contributed by atoms with van der Waals surface area (Å²) in [7, 11) is 1.83. The van der Waals surface area contributed by atoms with Crippen molar-refractivity contribution in [1.29, 1.82) is 0 Å². The summed E-state index contributed by atoms with van der Waals surface area (Å²) < 4.78 is 14.9.